The van der Waals surface area contributed by atoms with Gasteiger partial charge in [-0.3, -0.25) is 4.79 Å². The number of nitrogens with one attached hydrogen (secondary N) is 1. The van der Waals surface area contributed by atoms with E-state index in [0.717, 1.165) is 36.2 Å². The van der Waals surface area contributed by atoms with Crippen LogP contribution in [-0.4, -0.2) is 35.6 Å². The highest BCUT2D eigenvalue weighted by molar-refractivity contribution is 5.92. The highest BCUT2D eigenvalue weighted by atomic mass is 16.1. The number of amides is 1. The van der Waals surface area contributed by atoms with E-state index in [4.69, 9.17) is 5.73 Å². The van der Waals surface area contributed by atoms with Crippen LogP contribution in [0.3, 0.4) is 0 Å². The molecular weight excluding hydrogens is 290 g/mol. The number of primary amides is 1. The SMILES string of the molecule is C[C@H](N[C@H]1CCN(c2c(C#N)c3ccccc3n2C)C1)C(N)=O. The first kappa shape index (κ1) is 15.4. The van der Waals surface area contributed by atoms with E-state index in [1.54, 1.807) is 6.92 Å². The highest BCUT2D eigenvalue weighted by Gasteiger charge is 2.29. The minimum atomic E-state index is -0.345. The number of para-hydroxylation sites is 1. The van der Waals surface area contributed by atoms with E-state index in [2.05, 4.69) is 20.9 Å². The van der Waals surface area contributed by atoms with Crippen LogP contribution in [0.2, 0.25) is 0 Å². The number of aryl methyl sites for hydroxylation is 1. The van der Waals surface area contributed by atoms with Crippen LogP contribution < -0.4 is 16.0 Å². The van der Waals surface area contributed by atoms with Crippen molar-refractivity contribution in [1.29, 1.82) is 5.26 Å². The number of carbonyl (C=O) groups is 1. The highest BCUT2D eigenvalue weighted by Crippen LogP contribution is 2.33. The van der Waals surface area contributed by atoms with E-state index in [-0.39, 0.29) is 18.0 Å². The van der Waals surface area contributed by atoms with Crippen LogP contribution in [0, 0.1) is 11.3 Å². The van der Waals surface area contributed by atoms with Crippen molar-refractivity contribution in [2.75, 3.05) is 18.0 Å². The molecule has 1 aliphatic rings. The minimum Gasteiger partial charge on any atom is -0.368 e. The molecule has 6 nitrogen and oxygen atoms in total. The van der Waals surface area contributed by atoms with Crippen molar-refractivity contribution in [3.8, 4) is 6.07 Å². The fourth-order valence-corrected chi connectivity index (χ4v) is 3.38. The molecule has 0 unspecified atom stereocenters. The lowest BCUT2D eigenvalue weighted by atomic mass is 10.2. The Labute approximate surface area is 135 Å². The van der Waals surface area contributed by atoms with Crippen molar-refractivity contribution in [2.45, 2.75) is 25.4 Å². The molecule has 2 atom stereocenters. The summed E-state index contributed by atoms with van der Waals surface area (Å²) in [6.45, 7) is 3.39. The lowest BCUT2D eigenvalue weighted by molar-refractivity contribution is -0.119. The van der Waals surface area contributed by atoms with E-state index >= 15 is 0 Å². The summed E-state index contributed by atoms with van der Waals surface area (Å²) in [5.74, 6) is 0.607. The van der Waals surface area contributed by atoms with Gasteiger partial charge in [0.1, 0.15) is 17.5 Å². The summed E-state index contributed by atoms with van der Waals surface area (Å²) >= 11 is 0. The summed E-state index contributed by atoms with van der Waals surface area (Å²) in [4.78, 5) is 13.4. The normalized spacial score (nSPS) is 19.0. The zero-order valence-corrected chi connectivity index (χ0v) is 13.4. The maximum absolute atomic E-state index is 11.2. The summed E-state index contributed by atoms with van der Waals surface area (Å²) < 4.78 is 2.08. The van der Waals surface area contributed by atoms with Crippen molar-refractivity contribution < 1.29 is 4.79 Å². The van der Waals surface area contributed by atoms with Crippen LogP contribution >= 0.6 is 0 Å². The largest absolute Gasteiger partial charge is 0.368 e. The standard InChI is InChI=1S/C17H21N5O/c1-11(16(19)23)20-12-7-8-22(10-12)17-14(9-18)13-5-3-4-6-15(13)21(17)2/h3-6,11-12,20H,7-8,10H2,1-2H3,(H2,19,23)/t11-,12-/m0/s1. The van der Waals surface area contributed by atoms with Crippen LogP contribution in [0.25, 0.3) is 10.9 Å². The van der Waals surface area contributed by atoms with E-state index < -0.39 is 0 Å². The average molecular weight is 311 g/mol. The van der Waals surface area contributed by atoms with Gasteiger partial charge in [-0.05, 0) is 19.4 Å². The number of benzene rings is 1. The number of nitriles is 1. The number of hydrogen-bond donors (Lipinski definition) is 2. The molecule has 1 aromatic heterocycles. The molecule has 0 radical (unpaired) electrons. The quantitative estimate of drug-likeness (QED) is 0.885. The lowest BCUT2D eigenvalue weighted by Crippen LogP contribution is -2.45. The van der Waals surface area contributed by atoms with E-state index in [1.165, 1.54) is 0 Å². The number of nitrogens with zero attached hydrogens (tertiary/aromatic N) is 3. The Hall–Kier alpha value is -2.52. The zero-order valence-electron chi connectivity index (χ0n) is 13.4. The molecule has 3 rings (SSSR count). The Bertz CT molecular complexity index is 788. The molecule has 1 saturated heterocycles. The summed E-state index contributed by atoms with van der Waals surface area (Å²) in [6, 6.07) is 10.2. The second-order valence-corrected chi connectivity index (χ2v) is 6.11. The summed E-state index contributed by atoms with van der Waals surface area (Å²) in [5, 5.41) is 13.8. The van der Waals surface area contributed by atoms with E-state index in [0.29, 0.717) is 5.56 Å². The summed E-state index contributed by atoms with van der Waals surface area (Å²) in [7, 11) is 1.99. The number of fused-ring (bicyclic) bond motifs is 1. The average Bonchev–Trinajstić information content (AvgIpc) is 3.10. The van der Waals surface area contributed by atoms with Gasteiger partial charge in [0.05, 0.1) is 11.6 Å². The predicted octanol–water partition coefficient (Wildman–Crippen LogP) is 1.09. The third-order valence-corrected chi connectivity index (χ3v) is 4.59. The molecule has 6 heteroatoms. The number of hydrogen-bond acceptors (Lipinski definition) is 4. The molecule has 120 valence electrons. The maximum atomic E-state index is 11.2. The van der Waals surface area contributed by atoms with Crippen LogP contribution in [0.1, 0.15) is 18.9 Å². The smallest absolute Gasteiger partial charge is 0.234 e. The van der Waals surface area contributed by atoms with Gasteiger partial charge in [0.25, 0.3) is 0 Å². The molecular formula is C17H21N5O. The molecule has 0 spiro atoms. The van der Waals surface area contributed by atoms with Crippen molar-refractivity contribution in [3.63, 3.8) is 0 Å². The molecule has 1 fully saturated rings. The van der Waals surface area contributed by atoms with Gasteiger partial charge in [-0.25, -0.2) is 0 Å². The van der Waals surface area contributed by atoms with Gasteiger partial charge in [-0.2, -0.15) is 5.26 Å². The third kappa shape index (κ3) is 2.64. The monoisotopic (exact) mass is 311 g/mol. The second kappa shape index (κ2) is 5.94. The lowest BCUT2D eigenvalue weighted by Gasteiger charge is -2.21. The fraction of sp³-hybridized carbons (Fsp3) is 0.412. The van der Waals surface area contributed by atoms with Crippen LogP contribution in [0.15, 0.2) is 24.3 Å². The van der Waals surface area contributed by atoms with Gasteiger partial charge in [-0.15, -0.1) is 0 Å². The van der Waals surface area contributed by atoms with Crippen molar-refractivity contribution in [2.24, 2.45) is 12.8 Å². The zero-order chi connectivity index (χ0) is 16.6. The molecule has 1 amide bonds. The Kier molecular flexibility index (Phi) is 3.97. The third-order valence-electron chi connectivity index (χ3n) is 4.59. The second-order valence-electron chi connectivity index (χ2n) is 6.11. The minimum absolute atomic E-state index is 0.196. The van der Waals surface area contributed by atoms with Crippen molar-refractivity contribution >= 4 is 22.6 Å². The van der Waals surface area contributed by atoms with Crippen LogP contribution in [0.4, 0.5) is 5.82 Å². The Morgan fingerprint density at radius 2 is 2.22 bits per heavy atom. The molecule has 0 saturated carbocycles. The fourth-order valence-electron chi connectivity index (χ4n) is 3.38. The van der Waals surface area contributed by atoms with Crippen molar-refractivity contribution in [1.82, 2.24) is 9.88 Å². The van der Waals surface area contributed by atoms with Gasteiger partial charge in [0.15, 0.2) is 0 Å². The number of carbonyl (C=O) groups excluding carboxylic acids is 1. The molecule has 2 heterocycles. The first-order valence-electron chi connectivity index (χ1n) is 7.80. The molecule has 1 aromatic carbocycles. The van der Waals surface area contributed by atoms with Gasteiger partial charge in [-0.1, -0.05) is 18.2 Å². The first-order chi connectivity index (χ1) is 11.0. The Morgan fingerprint density at radius 1 is 1.48 bits per heavy atom. The number of rotatable bonds is 4. The first-order valence-corrected chi connectivity index (χ1v) is 7.80. The molecule has 1 aliphatic heterocycles. The number of nitrogens with two attached hydrogens (primary N) is 1. The van der Waals surface area contributed by atoms with Gasteiger partial charge in [0, 0.05) is 31.6 Å². The predicted molar refractivity (Wildman–Crippen MR) is 90.0 cm³/mol. The number of aromatic nitrogens is 1. The summed E-state index contributed by atoms with van der Waals surface area (Å²) in [6.07, 6.45) is 0.921. The maximum Gasteiger partial charge on any atom is 0.234 e. The van der Waals surface area contributed by atoms with Crippen molar-refractivity contribution in [3.05, 3.63) is 29.8 Å². The Morgan fingerprint density at radius 3 is 2.91 bits per heavy atom. The van der Waals surface area contributed by atoms with Gasteiger partial charge >= 0.3 is 0 Å². The molecule has 0 bridgehead atoms. The summed E-state index contributed by atoms with van der Waals surface area (Å²) in [5.41, 5.74) is 7.09. The Balaban J connectivity index is 1.89. The van der Waals surface area contributed by atoms with Crippen LogP contribution in [-0.2, 0) is 11.8 Å². The molecule has 2 aromatic rings. The van der Waals surface area contributed by atoms with E-state index in [9.17, 15) is 10.1 Å². The topological polar surface area (TPSA) is 87.1 Å². The molecule has 23 heavy (non-hydrogen) atoms. The molecule has 0 aliphatic carbocycles. The van der Waals surface area contributed by atoms with Gasteiger partial charge in [0.2, 0.25) is 5.91 Å². The number of anilines is 1. The van der Waals surface area contributed by atoms with Crippen LogP contribution in [0.5, 0.6) is 0 Å². The van der Waals surface area contributed by atoms with Gasteiger partial charge < -0.3 is 20.5 Å². The molecule has 3 N–H and O–H groups in total. The van der Waals surface area contributed by atoms with E-state index in [1.807, 2.05) is 31.3 Å².